The largest absolute Gasteiger partial charge is 0.493 e. The van der Waals surface area contributed by atoms with Gasteiger partial charge in [0, 0.05) is 43.9 Å². The Balaban J connectivity index is 1.55. The van der Waals surface area contributed by atoms with Crippen molar-refractivity contribution < 1.29 is 23.8 Å². The molecule has 8 heteroatoms. The van der Waals surface area contributed by atoms with E-state index in [1.54, 1.807) is 28.3 Å². The van der Waals surface area contributed by atoms with Gasteiger partial charge < -0.3 is 24.4 Å². The molecule has 8 nitrogen and oxygen atoms in total. The number of carbonyl (C=O) groups excluding carboxylic acids is 2. The summed E-state index contributed by atoms with van der Waals surface area (Å²) >= 11 is 0. The Morgan fingerprint density at radius 2 is 1.50 bits per heavy atom. The number of benzene rings is 2. The van der Waals surface area contributed by atoms with Gasteiger partial charge in [-0.1, -0.05) is 39.0 Å². The quantitative estimate of drug-likeness (QED) is 0.602. The van der Waals surface area contributed by atoms with Crippen LogP contribution in [-0.4, -0.2) is 75.2 Å². The van der Waals surface area contributed by atoms with Gasteiger partial charge in [0.25, 0.3) is 5.91 Å². The van der Waals surface area contributed by atoms with Crippen molar-refractivity contribution in [3.05, 3.63) is 53.1 Å². The van der Waals surface area contributed by atoms with E-state index < -0.39 is 6.04 Å². The zero-order valence-corrected chi connectivity index (χ0v) is 22.5. The second kappa shape index (κ2) is 11.6. The van der Waals surface area contributed by atoms with Crippen LogP contribution in [0.15, 0.2) is 36.4 Å². The summed E-state index contributed by atoms with van der Waals surface area (Å²) in [4.78, 5) is 29.8. The Hall–Kier alpha value is -3.26. The minimum absolute atomic E-state index is 0.0188. The molecule has 1 fully saturated rings. The number of nitrogens with one attached hydrogen (secondary N) is 1. The molecule has 1 heterocycles. The zero-order valence-electron chi connectivity index (χ0n) is 22.5. The van der Waals surface area contributed by atoms with Crippen LogP contribution in [0.25, 0.3) is 0 Å². The van der Waals surface area contributed by atoms with Crippen molar-refractivity contribution in [3.8, 4) is 17.2 Å². The maximum atomic E-state index is 13.0. The highest BCUT2D eigenvalue weighted by atomic mass is 16.5. The monoisotopic (exact) mass is 497 g/mol. The molecule has 3 rings (SSSR count). The molecule has 0 aromatic heterocycles. The van der Waals surface area contributed by atoms with Crippen LogP contribution >= 0.6 is 0 Å². The van der Waals surface area contributed by atoms with E-state index in [4.69, 9.17) is 14.2 Å². The van der Waals surface area contributed by atoms with E-state index in [9.17, 15) is 9.59 Å². The number of nitrogens with zero attached hydrogens (tertiary/aromatic N) is 2. The highest BCUT2D eigenvalue weighted by Crippen LogP contribution is 2.40. The number of amides is 2. The molecule has 0 saturated carbocycles. The van der Waals surface area contributed by atoms with Crippen LogP contribution in [0.1, 0.15) is 49.2 Å². The Labute approximate surface area is 214 Å². The van der Waals surface area contributed by atoms with Crippen molar-refractivity contribution in [1.29, 1.82) is 0 Å². The number of methoxy groups -OCH3 is 3. The number of hydrogen-bond donors (Lipinski definition) is 1. The highest BCUT2D eigenvalue weighted by Gasteiger charge is 2.27. The van der Waals surface area contributed by atoms with Crippen LogP contribution in [0.3, 0.4) is 0 Å². The second-order valence-electron chi connectivity index (χ2n) is 10.1. The van der Waals surface area contributed by atoms with Gasteiger partial charge in [-0.15, -0.1) is 0 Å². The molecule has 196 valence electrons. The summed E-state index contributed by atoms with van der Waals surface area (Å²) in [5.41, 5.74) is 2.72. The van der Waals surface area contributed by atoms with Crippen molar-refractivity contribution in [1.82, 2.24) is 15.1 Å². The molecule has 36 heavy (non-hydrogen) atoms. The molecule has 0 aliphatic carbocycles. The summed E-state index contributed by atoms with van der Waals surface area (Å²) in [5, 5.41) is 2.86. The Morgan fingerprint density at radius 1 is 0.889 bits per heavy atom. The van der Waals surface area contributed by atoms with Crippen LogP contribution in [0.5, 0.6) is 17.2 Å². The molecule has 2 aromatic rings. The Bertz CT molecular complexity index is 1050. The van der Waals surface area contributed by atoms with Gasteiger partial charge in [0.05, 0.1) is 21.3 Å². The minimum atomic E-state index is -0.600. The summed E-state index contributed by atoms with van der Waals surface area (Å²) in [6.07, 6.45) is 0. The molecular formula is C28H39N3O5. The third-order valence-electron chi connectivity index (χ3n) is 6.59. The molecule has 1 aliphatic heterocycles. The molecule has 1 saturated heterocycles. The lowest BCUT2D eigenvalue weighted by Gasteiger charge is -2.36. The van der Waals surface area contributed by atoms with E-state index in [1.807, 2.05) is 41.3 Å². The lowest BCUT2D eigenvalue weighted by Crippen LogP contribution is -2.53. The fourth-order valence-electron chi connectivity index (χ4n) is 4.39. The van der Waals surface area contributed by atoms with Crippen molar-refractivity contribution in [2.75, 3.05) is 47.5 Å². The predicted molar refractivity (Wildman–Crippen MR) is 140 cm³/mol. The zero-order chi connectivity index (χ0) is 26.5. The second-order valence-corrected chi connectivity index (χ2v) is 10.1. The number of hydrogen-bond acceptors (Lipinski definition) is 6. The van der Waals surface area contributed by atoms with E-state index in [0.29, 0.717) is 42.4 Å². The van der Waals surface area contributed by atoms with E-state index in [-0.39, 0.29) is 17.2 Å². The highest BCUT2D eigenvalue weighted by molar-refractivity contribution is 5.97. The van der Waals surface area contributed by atoms with Crippen molar-refractivity contribution >= 4 is 11.8 Å². The van der Waals surface area contributed by atoms with Crippen molar-refractivity contribution in [2.24, 2.45) is 0 Å². The molecule has 1 N–H and O–H groups in total. The third kappa shape index (κ3) is 6.29. The lowest BCUT2D eigenvalue weighted by molar-refractivity contribution is -0.134. The van der Waals surface area contributed by atoms with E-state index in [0.717, 1.165) is 24.2 Å². The fraction of sp³-hybridized carbons (Fsp3) is 0.500. The summed E-state index contributed by atoms with van der Waals surface area (Å²) in [6, 6.07) is 10.8. The van der Waals surface area contributed by atoms with Gasteiger partial charge in [-0.05, 0) is 36.1 Å². The van der Waals surface area contributed by atoms with Gasteiger partial charge in [-0.3, -0.25) is 14.5 Å². The summed E-state index contributed by atoms with van der Waals surface area (Å²) in [5.74, 6) is 1.54. The van der Waals surface area contributed by atoms with E-state index >= 15 is 0 Å². The Morgan fingerprint density at radius 3 is 2.03 bits per heavy atom. The number of carbonyl (C=O) groups is 2. The van der Waals surface area contributed by atoms with Crippen LogP contribution in [0, 0.1) is 0 Å². The maximum absolute atomic E-state index is 13.0. The SMILES string of the molecule is COc1ccc(CN2CCN(C(=O)C(C)NC(=O)c3ccc(C(C)(C)C)cc3)CC2)c(OC)c1OC. The molecule has 1 unspecified atom stereocenters. The average Bonchev–Trinajstić information content (AvgIpc) is 2.87. The van der Waals surface area contributed by atoms with Gasteiger partial charge in [-0.25, -0.2) is 0 Å². The van der Waals surface area contributed by atoms with Gasteiger partial charge in [-0.2, -0.15) is 0 Å². The Kier molecular flexibility index (Phi) is 8.84. The molecule has 1 atom stereocenters. The minimum Gasteiger partial charge on any atom is -0.493 e. The van der Waals surface area contributed by atoms with E-state index in [1.165, 1.54) is 0 Å². The topological polar surface area (TPSA) is 80.3 Å². The molecule has 2 amide bonds. The van der Waals surface area contributed by atoms with Crippen LogP contribution in [-0.2, 0) is 16.8 Å². The average molecular weight is 498 g/mol. The standard InChI is InChI=1S/C28H39N3O5/c1-19(29-26(32)20-8-11-22(12-9-20)28(2,3)4)27(33)31-16-14-30(15-17-31)18-21-10-13-23(34-5)25(36-7)24(21)35-6/h8-13,19H,14-18H2,1-7H3,(H,29,32). The first-order valence-electron chi connectivity index (χ1n) is 12.3. The van der Waals surface area contributed by atoms with Gasteiger partial charge >= 0.3 is 0 Å². The molecule has 1 aliphatic rings. The number of ether oxygens (including phenoxy) is 3. The van der Waals surface area contributed by atoms with Gasteiger partial charge in [0.15, 0.2) is 11.5 Å². The first-order chi connectivity index (χ1) is 17.1. The van der Waals surface area contributed by atoms with E-state index in [2.05, 4.69) is 31.0 Å². The van der Waals surface area contributed by atoms with Crippen LogP contribution in [0.4, 0.5) is 0 Å². The van der Waals surface area contributed by atoms with Crippen LogP contribution in [0.2, 0.25) is 0 Å². The molecule has 0 spiro atoms. The molecule has 2 aromatic carbocycles. The normalized spacial score (nSPS) is 15.2. The lowest BCUT2D eigenvalue weighted by atomic mass is 9.86. The fourth-order valence-corrected chi connectivity index (χ4v) is 4.39. The number of rotatable bonds is 8. The van der Waals surface area contributed by atoms with Crippen molar-refractivity contribution in [3.63, 3.8) is 0 Å². The summed E-state index contributed by atoms with van der Waals surface area (Å²) in [7, 11) is 4.81. The van der Waals surface area contributed by atoms with Gasteiger partial charge in [0.2, 0.25) is 11.7 Å². The molecule has 0 bridgehead atoms. The first kappa shape index (κ1) is 27.3. The molecular weight excluding hydrogens is 458 g/mol. The van der Waals surface area contributed by atoms with Crippen molar-refractivity contribution in [2.45, 2.75) is 45.7 Å². The smallest absolute Gasteiger partial charge is 0.251 e. The predicted octanol–water partition coefficient (Wildman–Crippen LogP) is 3.47. The summed E-state index contributed by atoms with van der Waals surface area (Å²) < 4.78 is 16.5. The third-order valence-corrected chi connectivity index (χ3v) is 6.59. The van der Waals surface area contributed by atoms with Crippen LogP contribution < -0.4 is 19.5 Å². The summed E-state index contributed by atoms with van der Waals surface area (Å²) in [6.45, 7) is 11.4. The maximum Gasteiger partial charge on any atom is 0.251 e. The van der Waals surface area contributed by atoms with Gasteiger partial charge in [0.1, 0.15) is 6.04 Å². The first-order valence-corrected chi connectivity index (χ1v) is 12.3. The molecule has 0 radical (unpaired) electrons. The number of piperazine rings is 1.